The Bertz CT molecular complexity index is 644. The van der Waals surface area contributed by atoms with E-state index in [0.29, 0.717) is 19.7 Å². The van der Waals surface area contributed by atoms with Gasteiger partial charge in [0, 0.05) is 13.2 Å². The van der Waals surface area contributed by atoms with Crippen LogP contribution < -0.4 is 0 Å². The molecular weight excluding hydrogens is 322 g/mol. The van der Waals surface area contributed by atoms with Crippen molar-refractivity contribution in [3.8, 4) is 0 Å². The maximum Gasteiger partial charge on any atom is 0.228 e. The summed E-state index contributed by atoms with van der Waals surface area (Å²) < 4.78 is 5.56. The molecule has 3 atom stereocenters. The number of hydrogen-bond donors (Lipinski definition) is 1. The summed E-state index contributed by atoms with van der Waals surface area (Å²) in [6, 6.07) is 11.8. The van der Waals surface area contributed by atoms with Gasteiger partial charge < -0.3 is 14.7 Å². The SMILES string of the molecule is CC1OCCC1C(=O)N(Cc1ccccc1)CC(O)c1ccsc1. The summed E-state index contributed by atoms with van der Waals surface area (Å²) in [6.07, 6.45) is 0.0235. The highest BCUT2D eigenvalue weighted by atomic mass is 32.1. The van der Waals surface area contributed by atoms with Gasteiger partial charge in [-0.2, -0.15) is 11.3 Å². The minimum absolute atomic E-state index is 0.0611. The molecule has 3 unspecified atom stereocenters. The van der Waals surface area contributed by atoms with E-state index in [1.54, 1.807) is 16.2 Å². The van der Waals surface area contributed by atoms with Crippen molar-refractivity contribution in [3.05, 3.63) is 58.3 Å². The summed E-state index contributed by atoms with van der Waals surface area (Å²) in [5.41, 5.74) is 1.93. The third-order valence-electron chi connectivity index (χ3n) is 4.54. The molecule has 1 fully saturated rings. The number of benzene rings is 1. The van der Waals surface area contributed by atoms with Gasteiger partial charge in [-0.1, -0.05) is 30.3 Å². The largest absolute Gasteiger partial charge is 0.387 e. The molecule has 0 bridgehead atoms. The van der Waals surface area contributed by atoms with Crippen molar-refractivity contribution in [2.24, 2.45) is 5.92 Å². The molecule has 2 aromatic rings. The van der Waals surface area contributed by atoms with Crippen molar-refractivity contribution >= 4 is 17.2 Å². The molecule has 3 rings (SSSR count). The summed E-state index contributed by atoms with van der Waals surface area (Å²) >= 11 is 1.55. The summed E-state index contributed by atoms with van der Waals surface area (Å²) in [5.74, 6) is -0.0541. The van der Waals surface area contributed by atoms with E-state index in [9.17, 15) is 9.90 Å². The number of aliphatic hydroxyl groups excluding tert-OH is 1. The van der Waals surface area contributed by atoms with Gasteiger partial charge in [-0.3, -0.25) is 4.79 Å². The number of carbonyl (C=O) groups excluding carboxylic acids is 1. The second-order valence-corrected chi connectivity index (χ2v) is 7.03. The molecule has 4 nitrogen and oxygen atoms in total. The van der Waals surface area contributed by atoms with Crippen LogP contribution in [0.25, 0.3) is 0 Å². The Morgan fingerprint density at radius 1 is 1.38 bits per heavy atom. The minimum Gasteiger partial charge on any atom is -0.387 e. The average Bonchev–Trinajstić information content (AvgIpc) is 3.26. The Morgan fingerprint density at radius 2 is 2.17 bits per heavy atom. The highest BCUT2D eigenvalue weighted by molar-refractivity contribution is 7.07. The van der Waals surface area contributed by atoms with Crippen LogP contribution in [0, 0.1) is 5.92 Å². The standard InChI is InChI=1S/C19H23NO3S/c1-14-17(7-9-23-14)19(22)20(11-15-5-3-2-4-6-15)12-18(21)16-8-10-24-13-16/h2-6,8,10,13-14,17-18,21H,7,9,11-12H2,1H3. The number of thiophene rings is 1. The molecule has 0 aliphatic carbocycles. The predicted molar refractivity (Wildman–Crippen MR) is 94.7 cm³/mol. The molecule has 24 heavy (non-hydrogen) atoms. The molecule has 1 aromatic heterocycles. The van der Waals surface area contributed by atoms with Gasteiger partial charge >= 0.3 is 0 Å². The van der Waals surface area contributed by atoms with Crippen LogP contribution >= 0.6 is 11.3 Å². The van der Waals surface area contributed by atoms with E-state index in [-0.39, 0.29) is 17.9 Å². The summed E-state index contributed by atoms with van der Waals surface area (Å²) in [7, 11) is 0. The molecule has 5 heteroatoms. The second kappa shape index (κ2) is 7.92. The molecule has 0 spiro atoms. The number of rotatable bonds is 6. The van der Waals surface area contributed by atoms with Crippen molar-refractivity contribution in [1.29, 1.82) is 0 Å². The molecule has 0 saturated carbocycles. The third-order valence-corrected chi connectivity index (χ3v) is 5.24. The van der Waals surface area contributed by atoms with Crippen molar-refractivity contribution in [2.45, 2.75) is 32.1 Å². The molecule has 1 N–H and O–H groups in total. The van der Waals surface area contributed by atoms with Crippen molar-refractivity contribution < 1.29 is 14.6 Å². The zero-order valence-electron chi connectivity index (χ0n) is 13.8. The van der Waals surface area contributed by atoms with Gasteiger partial charge in [-0.05, 0) is 41.3 Å². The lowest BCUT2D eigenvalue weighted by Crippen LogP contribution is -2.40. The van der Waals surface area contributed by atoms with Gasteiger partial charge in [0.15, 0.2) is 0 Å². The Balaban J connectivity index is 1.76. The maximum atomic E-state index is 13.0. The first-order valence-electron chi connectivity index (χ1n) is 8.29. The zero-order valence-corrected chi connectivity index (χ0v) is 14.6. The van der Waals surface area contributed by atoms with Crippen LogP contribution in [-0.2, 0) is 16.1 Å². The number of hydrogen-bond acceptors (Lipinski definition) is 4. The highest BCUT2D eigenvalue weighted by Crippen LogP contribution is 2.25. The summed E-state index contributed by atoms with van der Waals surface area (Å²) in [4.78, 5) is 14.8. The fraction of sp³-hybridized carbons (Fsp3) is 0.421. The van der Waals surface area contributed by atoms with Crippen LogP contribution in [-0.4, -0.2) is 35.2 Å². The maximum absolute atomic E-state index is 13.0. The lowest BCUT2D eigenvalue weighted by molar-refractivity contribution is -0.139. The fourth-order valence-corrected chi connectivity index (χ4v) is 3.81. The Kier molecular flexibility index (Phi) is 5.66. The average molecular weight is 345 g/mol. The van der Waals surface area contributed by atoms with Crippen LogP contribution in [0.1, 0.15) is 30.6 Å². The zero-order chi connectivity index (χ0) is 16.9. The normalized spacial score (nSPS) is 21.6. The van der Waals surface area contributed by atoms with E-state index in [1.807, 2.05) is 54.1 Å². The van der Waals surface area contributed by atoms with E-state index in [2.05, 4.69) is 0 Å². The monoisotopic (exact) mass is 345 g/mol. The molecule has 1 aromatic carbocycles. The Hall–Kier alpha value is -1.69. The van der Waals surface area contributed by atoms with E-state index in [1.165, 1.54) is 0 Å². The first kappa shape index (κ1) is 17.1. The van der Waals surface area contributed by atoms with E-state index < -0.39 is 6.10 Å². The third kappa shape index (κ3) is 4.04. The van der Waals surface area contributed by atoms with Gasteiger partial charge in [-0.25, -0.2) is 0 Å². The number of amides is 1. The number of carbonyl (C=O) groups is 1. The van der Waals surface area contributed by atoms with Crippen LogP contribution in [0.5, 0.6) is 0 Å². The van der Waals surface area contributed by atoms with Gasteiger partial charge in [0.05, 0.1) is 24.7 Å². The molecule has 1 saturated heterocycles. The van der Waals surface area contributed by atoms with Crippen LogP contribution in [0.4, 0.5) is 0 Å². The molecule has 128 valence electrons. The molecule has 0 radical (unpaired) electrons. The Morgan fingerprint density at radius 3 is 2.79 bits per heavy atom. The second-order valence-electron chi connectivity index (χ2n) is 6.25. The van der Waals surface area contributed by atoms with E-state index in [0.717, 1.165) is 17.5 Å². The van der Waals surface area contributed by atoms with Gasteiger partial charge in [0.1, 0.15) is 0 Å². The van der Waals surface area contributed by atoms with E-state index >= 15 is 0 Å². The lowest BCUT2D eigenvalue weighted by atomic mass is 10.00. The highest BCUT2D eigenvalue weighted by Gasteiger charge is 2.34. The van der Waals surface area contributed by atoms with Gasteiger partial charge in [0.25, 0.3) is 0 Å². The number of ether oxygens (including phenoxy) is 1. The fourth-order valence-electron chi connectivity index (χ4n) is 3.11. The van der Waals surface area contributed by atoms with Gasteiger partial charge in [0.2, 0.25) is 5.91 Å². The van der Waals surface area contributed by atoms with Crippen molar-refractivity contribution in [1.82, 2.24) is 4.90 Å². The minimum atomic E-state index is -0.665. The van der Waals surface area contributed by atoms with Crippen LogP contribution in [0.2, 0.25) is 0 Å². The first-order valence-corrected chi connectivity index (χ1v) is 9.24. The quantitative estimate of drug-likeness (QED) is 0.874. The van der Waals surface area contributed by atoms with Crippen LogP contribution in [0.15, 0.2) is 47.2 Å². The summed E-state index contributed by atoms with van der Waals surface area (Å²) in [6.45, 7) is 3.38. The number of nitrogens with zero attached hydrogens (tertiary/aromatic N) is 1. The van der Waals surface area contributed by atoms with Crippen LogP contribution in [0.3, 0.4) is 0 Å². The van der Waals surface area contributed by atoms with Gasteiger partial charge in [-0.15, -0.1) is 0 Å². The van der Waals surface area contributed by atoms with E-state index in [4.69, 9.17) is 4.74 Å². The lowest BCUT2D eigenvalue weighted by Gasteiger charge is -2.29. The molecule has 1 aliphatic heterocycles. The molecule has 2 heterocycles. The molecular formula is C19H23NO3S. The van der Waals surface area contributed by atoms with Crippen molar-refractivity contribution in [3.63, 3.8) is 0 Å². The number of aliphatic hydroxyl groups is 1. The predicted octanol–water partition coefficient (Wildman–Crippen LogP) is 3.24. The first-order chi connectivity index (χ1) is 11.6. The van der Waals surface area contributed by atoms with Crippen molar-refractivity contribution in [2.75, 3.05) is 13.2 Å². The smallest absolute Gasteiger partial charge is 0.228 e. The Labute approximate surface area is 146 Å². The topological polar surface area (TPSA) is 49.8 Å². The molecule has 1 amide bonds. The molecule has 1 aliphatic rings. The summed E-state index contributed by atoms with van der Waals surface area (Å²) in [5, 5.41) is 14.4.